The smallest absolute Gasteiger partial charge is 0.387 e. The van der Waals surface area contributed by atoms with Crippen LogP contribution in [0.1, 0.15) is 33.6 Å². The van der Waals surface area contributed by atoms with Crippen LogP contribution >= 0.6 is 0 Å². The lowest BCUT2D eigenvalue weighted by molar-refractivity contribution is -0.136. The minimum atomic E-state index is -2.95. The molecule has 0 saturated heterocycles. The van der Waals surface area contributed by atoms with Gasteiger partial charge in [0, 0.05) is 17.8 Å². The van der Waals surface area contributed by atoms with Gasteiger partial charge in [-0.1, -0.05) is 19.9 Å². The molecular formula is C16H22F2N2O3. The first-order chi connectivity index (χ1) is 10.8. The SMILES string of the molecule is CC(C)CCC(C)NC(=O)C(=O)Nc1cccc(OC(F)F)c1. The average Bonchev–Trinajstić information content (AvgIpc) is 2.44. The largest absolute Gasteiger partial charge is 0.435 e. The van der Waals surface area contributed by atoms with Crippen molar-refractivity contribution in [3.05, 3.63) is 24.3 Å². The summed E-state index contributed by atoms with van der Waals surface area (Å²) >= 11 is 0. The maximum atomic E-state index is 12.1. The van der Waals surface area contributed by atoms with Crippen LogP contribution in [0.5, 0.6) is 5.75 Å². The number of halogens is 2. The van der Waals surface area contributed by atoms with Gasteiger partial charge >= 0.3 is 18.4 Å². The second-order valence-corrected chi connectivity index (χ2v) is 5.71. The van der Waals surface area contributed by atoms with Gasteiger partial charge in [0.25, 0.3) is 0 Å². The third-order valence-electron chi connectivity index (χ3n) is 3.08. The normalized spacial score (nSPS) is 12.1. The van der Waals surface area contributed by atoms with Crippen LogP contribution in [0.2, 0.25) is 0 Å². The Morgan fingerprint density at radius 1 is 1.13 bits per heavy atom. The standard InChI is InChI=1S/C16H22F2N2O3/c1-10(2)7-8-11(3)19-14(21)15(22)20-12-5-4-6-13(9-12)23-16(17)18/h4-6,9-11,16H,7-8H2,1-3H3,(H,19,21)(H,20,22). The van der Waals surface area contributed by atoms with Gasteiger partial charge in [0.15, 0.2) is 0 Å². The summed E-state index contributed by atoms with van der Waals surface area (Å²) in [6.45, 7) is 3.03. The summed E-state index contributed by atoms with van der Waals surface area (Å²) in [6, 6.07) is 5.35. The van der Waals surface area contributed by atoms with Gasteiger partial charge in [-0.25, -0.2) is 0 Å². The van der Waals surface area contributed by atoms with Gasteiger partial charge in [-0.05, 0) is 37.8 Å². The highest BCUT2D eigenvalue weighted by atomic mass is 19.3. The van der Waals surface area contributed by atoms with Crippen molar-refractivity contribution in [2.75, 3.05) is 5.32 Å². The Hall–Kier alpha value is -2.18. The second-order valence-electron chi connectivity index (χ2n) is 5.71. The van der Waals surface area contributed by atoms with E-state index in [4.69, 9.17) is 0 Å². The van der Waals surface area contributed by atoms with Gasteiger partial charge in [-0.15, -0.1) is 0 Å². The number of rotatable bonds is 7. The number of carbonyl (C=O) groups excluding carboxylic acids is 2. The summed E-state index contributed by atoms with van der Waals surface area (Å²) in [5.41, 5.74) is 0.207. The van der Waals surface area contributed by atoms with Crippen LogP contribution in [0.4, 0.5) is 14.5 Å². The highest BCUT2D eigenvalue weighted by Gasteiger charge is 2.17. The fourth-order valence-corrected chi connectivity index (χ4v) is 1.88. The van der Waals surface area contributed by atoms with E-state index in [0.29, 0.717) is 5.92 Å². The predicted octanol–water partition coefficient (Wildman–Crippen LogP) is 3.17. The summed E-state index contributed by atoms with van der Waals surface area (Å²) in [5, 5.41) is 4.95. The molecule has 1 aromatic carbocycles. The molecule has 0 heterocycles. The Balaban J connectivity index is 2.53. The van der Waals surface area contributed by atoms with Crippen molar-refractivity contribution in [2.45, 2.75) is 46.3 Å². The number of benzene rings is 1. The highest BCUT2D eigenvalue weighted by molar-refractivity contribution is 6.39. The van der Waals surface area contributed by atoms with Crippen LogP contribution in [-0.2, 0) is 9.59 Å². The van der Waals surface area contributed by atoms with Crippen molar-refractivity contribution in [3.8, 4) is 5.75 Å². The maximum Gasteiger partial charge on any atom is 0.387 e. The zero-order valence-electron chi connectivity index (χ0n) is 13.4. The fraction of sp³-hybridized carbons (Fsp3) is 0.500. The van der Waals surface area contributed by atoms with Gasteiger partial charge < -0.3 is 15.4 Å². The summed E-state index contributed by atoms with van der Waals surface area (Å²) < 4.78 is 28.5. The van der Waals surface area contributed by atoms with Crippen molar-refractivity contribution >= 4 is 17.5 Å². The molecule has 1 unspecified atom stereocenters. The van der Waals surface area contributed by atoms with Gasteiger partial charge in [-0.3, -0.25) is 9.59 Å². The highest BCUT2D eigenvalue weighted by Crippen LogP contribution is 2.19. The maximum absolute atomic E-state index is 12.1. The molecule has 0 spiro atoms. The van der Waals surface area contributed by atoms with Gasteiger partial charge in [0.1, 0.15) is 5.75 Å². The summed E-state index contributed by atoms with van der Waals surface area (Å²) in [5.74, 6) is -1.19. The van der Waals surface area contributed by atoms with Crippen molar-refractivity contribution < 1.29 is 23.1 Å². The lowest BCUT2D eigenvalue weighted by Crippen LogP contribution is -2.40. The van der Waals surface area contributed by atoms with Crippen molar-refractivity contribution in [3.63, 3.8) is 0 Å². The first kappa shape index (κ1) is 18.9. The van der Waals surface area contributed by atoms with E-state index in [1.54, 1.807) is 0 Å². The second kappa shape index (κ2) is 9.07. The third-order valence-corrected chi connectivity index (χ3v) is 3.08. The zero-order valence-corrected chi connectivity index (χ0v) is 13.4. The van der Waals surface area contributed by atoms with E-state index >= 15 is 0 Å². The number of hydrogen-bond donors (Lipinski definition) is 2. The molecule has 0 aliphatic heterocycles. The summed E-state index contributed by atoms with van der Waals surface area (Å²) in [4.78, 5) is 23.6. The lowest BCUT2D eigenvalue weighted by atomic mass is 10.0. The molecule has 7 heteroatoms. The van der Waals surface area contributed by atoms with Crippen LogP contribution in [-0.4, -0.2) is 24.5 Å². The molecule has 2 amide bonds. The molecule has 5 nitrogen and oxygen atoms in total. The molecule has 2 N–H and O–H groups in total. The fourth-order valence-electron chi connectivity index (χ4n) is 1.88. The number of alkyl halides is 2. The molecule has 0 bridgehead atoms. The number of hydrogen-bond acceptors (Lipinski definition) is 3. The molecule has 128 valence electrons. The Morgan fingerprint density at radius 2 is 1.83 bits per heavy atom. The number of ether oxygens (including phenoxy) is 1. The zero-order chi connectivity index (χ0) is 17.4. The monoisotopic (exact) mass is 328 g/mol. The lowest BCUT2D eigenvalue weighted by Gasteiger charge is -2.15. The van der Waals surface area contributed by atoms with Crippen LogP contribution in [0.3, 0.4) is 0 Å². The average molecular weight is 328 g/mol. The number of nitrogens with one attached hydrogen (secondary N) is 2. The molecular weight excluding hydrogens is 306 g/mol. The molecule has 0 aliphatic rings. The molecule has 0 saturated carbocycles. The Labute approximate surface area is 134 Å². The molecule has 0 aliphatic carbocycles. The summed E-state index contributed by atoms with van der Waals surface area (Å²) in [7, 11) is 0. The Morgan fingerprint density at radius 3 is 2.43 bits per heavy atom. The van der Waals surface area contributed by atoms with Crippen molar-refractivity contribution in [1.82, 2.24) is 5.32 Å². The summed E-state index contributed by atoms with van der Waals surface area (Å²) in [6.07, 6.45) is 1.71. The molecule has 0 fully saturated rings. The van der Waals surface area contributed by atoms with E-state index in [-0.39, 0.29) is 17.5 Å². The number of anilines is 1. The van der Waals surface area contributed by atoms with Crippen molar-refractivity contribution in [1.29, 1.82) is 0 Å². The Bertz CT molecular complexity index is 536. The van der Waals surface area contributed by atoms with Gasteiger partial charge in [0.05, 0.1) is 0 Å². The van der Waals surface area contributed by atoms with Crippen LogP contribution in [0, 0.1) is 5.92 Å². The van der Waals surface area contributed by atoms with E-state index in [0.717, 1.165) is 12.8 Å². The van der Waals surface area contributed by atoms with Crippen LogP contribution in [0.15, 0.2) is 24.3 Å². The molecule has 1 aromatic rings. The molecule has 0 radical (unpaired) electrons. The topological polar surface area (TPSA) is 67.4 Å². The molecule has 0 aromatic heterocycles. The minimum absolute atomic E-state index is 0.0940. The van der Waals surface area contributed by atoms with Crippen molar-refractivity contribution in [2.24, 2.45) is 5.92 Å². The van der Waals surface area contributed by atoms with E-state index in [1.165, 1.54) is 24.3 Å². The van der Waals surface area contributed by atoms with E-state index in [1.807, 2.05) is 6.92 Å². The quantitative estimate of drug-likeness (QED) is 0.756. The van der Waals surface area contributed by atoms with E-state index in [2.05, 4.69) is 29.2 Å². The number of carbonyl (C=O) groups is 2. The van der Waals surface area contributed by atoms with Crippen LogP contribution < -0.4 is 15.4 Å². The molecule has 1 atom stereocenters. The molecule has 23 heavy (non-hydrogen) atoms. The molecule has 1 rings (SSSR count). The predicted molar refractivity (Wildman–Crippen MR) is 83.4 cm³/mol. The van der Waals surface area contributed by atoms with Crippen LogP contribution in [0.25, 0.3) is 0 Å². The first-order valence-corrected chi connectivity index (χ1v) is 7.44. The third kappa shape index (κ3) is 7.58. The van der Waals surface area contributed by atoms with E-state index in [9.17, 15) is 18.4 Å². The number of amides is 2. The Kier molecular flexibility index (Phi) is 7.44. The minimum Gasteiger partial charge on any atom is -0.435 e. The van der Waals surface area contributed by atoms with E-state index < -0.39 is 18.4 Å². The first-order valence-electron chi connectivity index (χ1n) is 7.44. The van der Waals surface area contributed by atoms with Gasteiger partial charge in [-0.2, -0.15) is 8.78 Å². The van der Waals surface area contributed by atoms with Gasteiger partial charge in [0.2, 0.25) is 0 Å².